The molecule has 12 heteroatoms. The van der Waals surface area contributed by atoms with E-state index in [-0.39, 0.29) is 5.92 Å². The van der Waals surface area contributed by atoms with Crippen molar-refractivity contribution in [2.24, 2.45) is 11.7 Å². The Hall–Kier alpha value is -2.73. The van der Waals surface area contributed by atoms with Crippen LogP contribution in [0.5, 0.6) is 0 Å². The number of carbonyl (C=O) groups is 5. The Bertz CT molecular complexity index is 568. The maximum absolute atomic E-state index is 12.3. The summed E-state index contributed by atoms with van der Waals surface area (Å²) in [6.45, 7) is 1.92. The van der Waals surface area contributed by atoms with Crippen molar-refractivity contribution in [3.63, 3.8) is 0 Å². The molecule has 0 saturated heterocycles. The fourth-order valence-corrected chi connectivity index (χ4v) is 1.92. The van der Waals surface area contributed by atoms with Crippen LogP contribution in [0.25, 0.3) is 0 Å². The molecule has 4 unspecified atom stereocenters. The van der Waals surface area contributed by atoms with E-state index in [2.05, 4.69) is 10.6 Å². The monoisotopic (exact) mass is 390 g/mol. The standard InChI is InChI=1S/C15H26N4O8/c1-3-7(2)12(16)15(27)18-8(4-10(21)22)14(26)19-9(6-20)13(25)17-5-11(23)24/h7-9,12,20H,3-6,16H2,1-2H3,(H,17,25)(H,18,27)(H,19,26)(H,21,22)(H,23,24). The Labute approximate surface area is 155 Å². The van der Waals surface area contributed by atoms with Crippen molar-refractivity contribution in [1.82, 2.24) is 16.0 Å². The summed E-state index contributed by atoms with van der Waals surface area (Å²) >= 11 is 0. The van der Waals surface area contributed by atoms with E-state index in [1.807, 2.05) is 5.32 Å². The fourth-order valence-electron chi connectivity index (χ4n) is 1.92. The van der Waals surface area contributed by atoms with Crippen LogP contribution >= 0.6 is 0 Å². The van der Waals surface area contributed by atoms with Crippen LogP contribution in [-0.2, 0) is 24.0 Å². The predicted molar refractivity (Wildman–Crippen MR) is 91.3 cm³/mol. The van der Waals surface area contributed by atoms with E-state index in [4.69, 9.17) is 15.9 Å². The molecule has 0 aliphatic heterocycles. The quantitative estimate of drug-likeness (QED) is 0.181. The molecule has 8 N–H and O–H groups in total. The first kappa shape index (κ1) is 24.3. The van der Waals surface area contributed by atoms with Crippen LogP contribution in [-0.4, -0.2) is 76.3 Å². The number of nitrogens with one attached hydrogen (secondary N) is 3. The SMILES string of the molecule is CCC(C)C(N)C(=O)NC(CC(=O)O)C(=O)NC(CO)C(=O)NCC(=O)O. The van der Waals surface area contributed by atoms with Crippen LogP contribution in [0.2, 0.25) is 0 Å². The topological polar surface area (TPSA) is 208 Å². The number of carboxylic acid groups (broad SMARTS) is 2. The highest BCUT2D eigenvalue weighted by Gasteiger charge is 2.30. The summed E-state index contributed by atoms with van der Waals surface area (Å²) in [7, 11) is 0. The molecule has 0 rings (SSSR count). The second-order valence-electron chi connectivity index (χ2n) is 5.93. The molecule has 4 atom stereocenters. The minimum absolute atomic E-state index is 0.217. The average molecular weight is 390 g/mol. The minimum Gasteiger partial charge on any atom is -0.481 e. The third-order valence-corrected chi connectivity index (χ3v) is 3.80. The molecule has 0 aliphatic carbocycles. The summed E-state index contributed by atoms with van der Waals surface area (Å²) in [4.78, 5) is 57.5. The van der Waals surface area contributed by atoms with E-state index in [9.17, 15) is 29.1 Å². The van der Waals surface area contributed by atoms with Gasteiger partial charge >= 0.3 is 11.9 Å². The zero-order valence-electron chi connectivity index (χ0n) is 15.1. The Kier molecular flexibility index (Phi) is 10.6. The van der Waals surface area contributed by atoms with Crippen LogP contribution in [0.4, 0.5) is 0 Å². The number of hydrogen-bond donors (Lipinski definition) is 7. The van der Waals surface area contributed by atoms with E-state index in [1.54, 1.807) is 13.8 Å². The Morgan fingerprint density at radius 1 is 0.926 bits per heavy atom. The number of aliphatic carboxylic acids is 2. The summed E-state index contributed by atoms with van der Waals surface area (Å²) in [5, 5.41) is 32.9. The molecule has 0 aromatic heterocycles. The lowest BCUT2D eigenvalue weighted by molar-refractivity contribution is -0.142. The van der Waals surface area contributed by atoms with Gasteiger partial charge in [-0.2, -0.15) is 0 Å². The first-order chi connectivity index (χ1) is 12.5. The number of aliphatic hydroxyl groups is 1. The van der Waals surface area contributed by atoms with Gasteiger partial charge in [0.15, 0.2) is 0 Å². The van der Waals surface area contributed by atoms with Crippen molar-refractivity contribution in [3.8, 4) is 0 Å². The van der Waals surface area contributed by atoms with Crippen molar-refractivity contribution < 1.29 is 39.3 Å². The molecular formula is C15H26N4O8. The molecule has 154 valence electrons. The van der Waals surface area contributed by atoms with E-state index >= 15 is 0 Å². The van der Waals surface area contributed by atoms with Gasteiger partial charge in [-0.05, 0) is 5.92 Å². The second-order valence-corrected chi connectivity index (χ2v) is 5.93. The first-order valence-corrected chi connectivity index (χ1v) is 8.21. The highest BCUT2D eigenvalue weighted by atomic mass is 16.4. The van der Waals surface area contributed by atoms with Crippen molar-refractivity contribution in [1.29, 1.82) is 0 Å². The largest absolute Gasteiger partial charge is 0.481 e. The van der Waals surface area contributed by atoms with Gasteiger partial charge in [0.2, 0.25) is 17.7 Å². The predicted octanol–water partition coefficient (Wildman–Crippen LogP) is -3.00. The summed E-state index contributed by atoms with van der Waals surface area (Å²) < 4.78 is 0. The lowest BCUT2D eigenvalue weighted by Gasteiger charge is -2.24. The molecule has 0 fully saturated rings. The molecule has 0 bridgehead atoms. The molecule has 0 spiro atoms. The Morgan fingerprint density at radius 2 is 1.48 bits per heavy atom. The summed E-state index contributed by atoms with van der Waals surface area (Å²) in [5.41, 5.74) is 5.74. The van der Waals surface area contributed by atoms with Gasteiger partial charge in [0.1, 0.15) is 18.6 Å². The maximum Gasteiger partial charge on any atom is 0.322 e. The van der Waals surface area contributed by atoms with Gasteiger partial charge in [0, 0.05) is 0 Å². The van der Waals surface area contributed by atoms with E-state index in [0.717, 1.165) is 0 Å². The lowest BCUT2D eigenvalue weighted by atomic mass is 9.99. The van der Waals surface area contributed by atoms with Gasteiger partial charge < -0.3 is 37.0 Å². The summed E-state index contributed by atoms with van der Waals surface area (Å²) in [6.07, 6.45) is -0.194. The van der Waals surface area contributed by atoms with Crippen LogP contribution < -0.4 is 21.7 Å². The zero-order chi connectivity index (χ0) is 21.1. The number of carboxylic acids is 2. The third-order valence-electron chi connectivity index (χ3n) is 3.80. The molecule has 0 aliphatic rings. The first-order valence-electron chi connectivity index (χ1n) is 8.21. The average Bonchev–Trinajstić information content (AvgIpc) is 2.61. The highest BCUT2D eigenvalue weighted by Crippen LogP contribution is 2.06. The number of nitrogens with two attached hydrogens (primary N) is 1. The number of aliphatic hydroxyl groups excluding tert-OH is 1. The van der Waals surface area contributed by atoms with Gasteiger partial charge in [0.25, 0.3) is 0 Å². The molecule has 0 radical (unpaired) electrons. The summed E-state index contributed by atoms with van der Waals surface area (Å²) in [5.74, 6) is -5.69. The Morgan fingerprint density at radius 3 is 1.93 bits per heavy atom. The molecule has 0 heterocycles. The van der Waals surface area contributed by atoms with Crippen molar-refractivity contribution in [2.45, 2.75) is 44.8 Å². The molecule has 0 aromatic rings. The molecular weight excluding hydrogens is 364 g/mol. The van der Waals surface area contributed by atoms with Crippen LogP contribution in [0.3, 0.4) is 0 Å². The molecule has 12 nitrogen and oxygen atoms in total. The number of amides is 3. The van der Waals surface area contributed by atoms with Crippen LogP contribution in [0, 0.1) is 5.92 Å². The second kappa shape index (κ2) is 11.8. The Balaban J connectivity index is 5.08. The minimum atomic E-state index is -1.54. The summed E-state index contributed by atoms with van der Waals surface area (Å²) in [6, 6.07) is -4.02. The normalized spacial score (nSPS) is 15.0. The van der Waals surface area contributed by atoms with Crippen molar-refractivity contribution in [3.05, 3.63) is 0 Å². The maximum atomic E-state index is 12.3. The molecule has 0 saturated carbocycles. The van der Waals surface area contributed by atoms with Crippen LogP contribution in [0.15, 0.2) is 0 Å². The van der Waals surface area contributed by atoms with Crippen LogP contribution in [0.1, 0.15) is 26.7 Å². The molecule has 27 heavy (non-hydrogen) atoms. The van der Waals surface area contributed by atoms with Crippen molar-refractivity contribution >= 4 is 29.7 Å². The van der Waals surface area contributed by atoms with Gasteiger partial charge in [-0.1, -0.05) is 20.3 Å². The van der Waals surface area contributed by atoms with E-state index < -0.39 is 67.4 Å². The molecule has 3 amide bonds. The number of carbonyl (C=O) groups excluding carboxylic acids is 3. The van der Waals surface area contributed by atoms with Gasteiger partial charge in [-0.15, -0.1) is 0 Å². The highest BCUT2D eigenvalue weighted by molar-refractivity contribution is 5.95. The smallest absolute Gasteiger partial charge is 0.322 e. The van der Waals surface area contributed by atoms with E-state index in [1.165, 1.54) is 0 Å². The lowest BCUT2D eigenvalue weighted by Crippen LogP contribution is -2.58. The van der Waals surface area contributed by atoms with Gasteiger partial charge in [0.05, 0.1) is 19.1 Å². The van der Waals surface area contributed by atoms with Gasteiger partial charge in [-0.25, -0.2) is 0 Å². The van der Waals surface area contributed by atoms with Gasteiger partial charge in [-0.3, -0.25) is 24.0 Å². The number of rotatable bonds is 12. The van der Waals surface area contributed by atoms with Crippen molar-refractivity contribution in [2.75, 3.05) is 13.2 Å². The fraction of sp³-hybridized carbons (Fsp3) is 0.667. The molecule has 0 aromatic carbocycles. The van der Waals surface area contributed by atoms with E-state index in [0.29, 0.717) is 6.42 Å². The number of hydrogen-bond acceptors (Lipinski definition) is 7. The third kappa shape index (κ3) is 8.96. The zero-order valence-corrected chi connectivity index (χ0v) is 15.1.